The van der Waals surface area contributed by atoms with Crippen LogP contribution in [0.3, 0.4) is 0 Å². The number of nitrogens with one attached hydrogen (secondary N) is 1. The van der Waals surface area contributed by atoms with Gasteiger partial charge in [0, 0.05) is 22.4 Å². The Morgan fingerprint density at radius 1 is 1.50 bits per heavy atom. The second-order valence-corrected chi connectivity index (χ2v) is 5.68. The molecule has 0 aliphatic rings. The number of carbonyl (C=O) groups is 1. The van der Waals surface area contributed by atoms with E-state index in [2.05, 4.69) is 5.32 Å². The van der Waals surface area contributed by atoms with E-state index in [1.54, 1.807) is 0 Å². The highest BCUT2D eigenvalue weighted by Gasteiger charge is 2.10. The first-order chi connectivity index (χ1) is 8.52. The number of hydrogen-bond donors (Lipinski definition) is 1. The van der Waals surface area contributed by atoms with Crippen LogP contribution >= 0.6 is 11.6 Å². The van der Waals surface area contributed by atoms with Crippen molar-refractivity contribution in [2.45, 2.75) is 19.1 Å². The van der Waals surface area contributed by atoms with Crippen molar-refractivity contribution in [3.8, 4) is 0 Å². The van der Waals surface area contributed by atoms with Crippen molar-refractivity contribution in [2.24, 2.45) is 0 Å². The molecule has 3 nitrogen and oxygen atoms in total. The smallest absolute Gasteiger partial charge is 0.232 e. The summed E-state index contributed by atoms with van der Waals surface area (Å²) in [5.74, 6) is -0.588. The summed E-state index contributed by atoms with van der Waals surface area (Å²) in [5.41, 5.74) is 0.583. The molecular weight excluding hydrogens is 277 g/mol. The number of amides is 1. The third-order valence-corrected chi connectivity index (χ3v) is 3.76. The summed E-state index contributed by atoms with van der Waals surface area (Å²) in [6, 6.07) is 3.92. The Bertz CT molecular complexity index is 454. The molecule has 1 aromatic rings. The van der Waals surface area contributed by atoms with Crippen LogP contribution in [0, 0.1) is 5.82 Å². The maximum atomic E-state index is 12.8. The van der Waals surface area contributed by atoms with Crippen LogP contribution in [0.15, 0.2) is 18.2 Å². The minimum Gasteiger partial charge on any atom is -0.355 e. The second kappa shape index (κ2) is 7.48. The Morgan fingerprint density at radius 2 is 2.22 bits per heavy atom. The number of halogens is 2. The van der Waals surface area contributed by atoms with Crippen LogP contribution < -0.4 is 5.32 Å². The standard InChI is InChI=1S/C12H15ClFNO2S/c1-2-5-15-12(16)8-18(17)7-9-3-4-10(14)6-11(9)13/h3-4,6H,2,5,7-8H2,1H3,(H,15,16)/t18-/m1/s1. The molecule has 1 rings (SSSR count). The summed E-state index contributed by atoms with van der Waals surface area (Å²) in [7, 11) is -1.34. The Morgan fingerprint density at radius 3 is 2.83 bits per heavy atom. The average molecular weight is 292 g/mol. The highest BCUT2D eigenvalue weighted by Crippen LogP contribution is 2.18. The molecule has 0 aromatic heterocycles. The molecule has 0 aliphatic heterocycles. The Balaban J connectivity index is 2.51. The maximum absolute atomic E-state index is 12.8. The SMILES string of the molecule is CCCNC(=O)C[S@](=O)Cc1ccc(F)cc1Cl. The highest BCUT2D eigenvalue weighted by molar-refractivity contribution is 7.84. The number of benzene rings is 1. The predicted octanol–water partition coefficient (Wildman–Crippen LogP) is 2.25. The lowest BCUT2D eigenvalue weighted by molar-refractivity contribution is -0.118. The first-order valence-electron chi connectivity index (χ1n) is 5.58. The summed E-state index contributed by atoms with van der Waals surface area (Å²) < 4.78 is 24.5. The van der Waals surface area contributed by atoms with Crippen molar-refractivity contribution < 1.29 is 13.4 Å². The van der Waals surface area contributed by atoms with E-state index in [-0.39, 0.29) is 22.4 Å². The van der Waals surface area contributed by atoms with Crippen molar-refractivity contribution in [3.63, 3.8) is 0 Å². The van der Waals surface area contributed by atoms with Gasteiger partial charge >= 0.3 is 0 Å². The summed E-state index contributed by atoms with van der Waals surface area (Å²) >= 11 is 5.82. The van der Waals surface area contributed by atoms with Gasteiger partial charge in [-0.3, -0.25) is 9.00 Å². The third-order valence-electron chi connectivity index (χ3n) is 2.20. The number of hydrogen-bond acceptors (Lipinski definition) is 2. The molecule has 0 heterocycles. The minimum atomic E-state index is -1.34. The summed E-state index contributed by atoms with van der Waals surface area (Å²) in [4.78, 5) is 11.3. The molecule has 18 heavy (non-hydrogen) atoms. The normalized spacial score (nSPS) is 12.2. The van der Waals surface area contributed by atoms with Gasteiger partial charge in [0.1, 0.15) is 11.6 Å². The molecule has 0 spiro atoms. The van der Waals surface area contributed by atoms with E-state index in [4.69, 9.17) is 11.6 Å². The molecule has 0 unspecified atom stereocenters. The molecule has 1 aromatic carbocycles. The average Bonchev–Trinajstić information content (AvgIpc) is 2.30. The largest absolute Gasteiger partial charge is 0.355 e. The van der Waals surface area contributed by atoms with Crippen LogP contribution in [0.5, 0.6) is 0 Å². The Labute approximate surface area is 113 Å². The summed E-state index contributed by atoms with van der Waals surface area (Å²) in [6.07, 6.45) is 0.835. The topological polar surface area (TPSA) is 46.2 Å². The first-order valence-corrected chi connectivity index (χ1v) is 7.45. The van der Waals surface area contributed by atoms with Crippen LogP contribution in [0.2, 0.25) is 5.02 Å². The molecule has 1 amide bonds. The van der Waals surface area contributed by atoms with E-state index >= 15 is 0 Å². The summed E-state index contributed by atoms with van der Waals surface area (Å²) in [6.45, 7) is 2.52. The van der Waals surface area contributed by atoms with Gasteiger partial charge in [0.2, 0.25) is 5.91 Å². The van der Waals surface area contributed by atoms with Gasteiger partial charge in [-0.2, -0.15) is 0 Å². The van der Waals surface area contributed by atoms with Gasteiger partial charge in [-0.05, 0) is 24.1 Å². The van der Waals surface area contributed by atoms with Crippen LogP contribution in [-0.2, 0) is 21.3 Å². The Kier molecular flexibility index (Phi) is 6.29. The van der Waals surface area contributed by atoms with Crippen molar-refractivity contribution in [2.75, 3.05) is 12.3 Å². The van der Waals surface area contributed by atoms with Crippen molar-refractivity contribution in [1.82, 2.24) is 5.32 Å². The second-order valence-electron chi connectivity index (χ2n) is 3.81. The number of carbonyl (C=O) groups excluding carboxylic acids is 1. The van der Waals surface area contributed by atoms with E-state index in [0.717, 1.165) is 6.42 Å². The summed E-state index contributed by atoms with van der Waals surface area (Å²) in [5, 5.41) is 2.88. The molecule has 0 aliphatic carbocycles. The van der Waals surface area contributed by atoms with E-state index in [1.807, 2.05) is 6.92 Å². The molecule has 0 saturated heterocycles. The molecule has 100 valence electrons. The Hall–Kier alpha value is -0.940. The van der Waals surface area contributed by atoms with Crippen molar-refractivity contribution >= 4 is 28.3 Å². The van der Waals surface area contributed by atoms with Crippen LogP contribution in [0.4, 0.5) is 4.39 Å². The lowest BCUT2D eigenvalue weighted by Gasteiger charge is -2.05. The van der Waals surface area contributed by atoms with Gasteiger partial charge in [-0.15, -0.1) is 0 Å². The first kappa shape index (κ1) is 15.1. The molecule has 0 fully saturated rings. The zero-order valence-corrected chi connectivity index (χ0v) is 11.6. The minimum absolute atomic E-state index is 0.0618. The lowest BCUT2D eigenvalue weighted by atomic mass is 10.2. The zero-order valence-electron chi connectivity index (χ0n) is 10.0. The molecule has 0 bridgehead atoms. The van der Waals surface area contributed by atoms with Gasteiger partial charge in [0.05, 0.1) is 5.75 Å². The number of rotatable bonds is 6. The van der Waals surface area contributed by atoms with E-state index in [0.29, 0.717) is 12.1 Å². The predicted molar refractivity (Wildman–Crippen MR) is 71.4 cm³/mol. The monoisotopic (exact) mass is 291 g/mol. The van der Waals surface area contributed by atoms with Crippen LogP contribution in [0.25, 0.3) is 0 Å². The molecule has 1 N–H and O–H groups in total. The van der Waals surface area contributed by atoms with Crippen molar-refractivity contribution in [3.05, 3.63) is 34.6 Å². The van der Waals surface area contributed by atoms with Gasteiger partial charge in [-0.25, -0.2) is 4.39 Å². The third kappa shape index (κ3) is 5.14. The van der Waals surface area contributed by atoms with E-state index in [9.17, 15) is 13.4 Å². The fourth-order valence-electron chi connectivity index (χ4n) is 1.32. The van der Waals surface area contributed by atoms with Gasteiger partial charge in [0.25, 0.3) is 0 Å². The van der Waals surface area contributed by atoms with Crippen molar-refractivity contribution in [1.29, 1.82) is 0 Å². The van der Waals surface area contributed by atoms with Crippen LogP contribution in [-0.4, -0.2) is 22.4 Å². The van der Waals surface area contributed by atoms with Crippen LogP contribution in [0.1, 0.15) is 18.9 Å². The molecule has 1 atom stereocenters. The molecule has 6 heteroatoms. The lowest BCUT2D eigenvalue weighted by Crippen LogP contribution is -2.29. The quantitative estimate of drug-likeness (QED) is 0.874. The van der Waals surface area contributed by atoms with E-state index < -0.39 is 16.6 Å². The highest BCUT2D eigenvalue weighted by atomic mass is 35.5. The van der Waals surface area contributed by atoms with Gasteiger partial charge < -0.3 is 5.32 Å². The molecule has 0 saturated carbocycles. The van der Waals surface area contributed by atoms with E-state index in [1.165, 1.54) is 18.2 Å². The van der Waals surface area contributed by atoms with Gasteiger partial charge in [-0.1, -0.05) is 24.6 Å². The fraction of sp³-hybridized carbons (Fsp3) is 0.417. The fourth-order valence-corrected chi connectivity index (χ4v) is 2.73. The molecular formula is C12H15ClFNO2S. The zero-order chi connectivity index (χ0) is 13.5. The van der Waals surface area contributed by atoms with Gasteiger partial charge in [0.15, 0.2) is 0 Å². The molecule has 0 radical (unpaired) electrons. The maximum Gasteiger partial charge on any atom is 0.232 e.